The largest absolute Gasteiger partial charge is 0.450 e. The molecule has 3 amide bonds. The molecular formula is C20H30N4O4. The molecule has 2 rings (SSSR count). The van der Waals surface area contributed by atoms with Gasteiger partial charge in [-0.25, -0.2) is 4.79 Å². The standard InChI is InChI=1S/C20H30N4O4/c1-4-28-20(27)24-11-9-17(10-12-24)22-19(26)14-23(3)13-18(25)21-16-7-5-15(2)6-8-16/h5-8,17H,4,9-14H2,1-3H3,(H,21,25)(H,22,26). The van der Waals surface area contributed by atoms with Crippen molar-refractivity contribution in [3.63, 3.8) is 0 Å². The molecule has 0 spiro atoms. The van der Waals surface area contributed by atoms with Crippen LogP contribution in [-0.2, 0) is 14.3 Å². The van der Waals surface area contributed by atoms with Crippen molar-refractivity contribution >= 4 is 23.6 Å². The van der Waals surface area contributed by atoms with Crippen LogP contribution in [-0.4, -0.2) is 73.6 Å². The third-order valence-electron chi connectivity index (χ3n) is 4.55. The fraction of sp³-hybridized carbons (Fsp3) is 0.550. The summed E-state index contributed by atoms with van der Waals surface area (Å²) in [5, 5.41) is 5.80. The molecule has 1 aromatic carbocycles. The van der Waals surface area contributed by atoms with Crippen molar-refractivity contribution in [2.24, 2.45) is 0 Å². The predicted octanol–water partition coefficient (Wildman–Crippen LogP) is 1.60. The first-order valence-electron chi connectivity index (χ1n) is 9.63. The number of nitrogens with zero attached hydrogens (tertiary/aromatic N) is 2. The third kappa shape index (κ3) is 7.19. The van der Waals surface area contributed by atoms with Crippen LogP contribution >= 0.6 is 0 Å². The number of aryl methyl sites for hydroxylation is 1. The van der Waals surface area contributed by atoms with Gasteiger partial charge in [0.1, 0.15) is 0 Å². The van der Waals surface area contributed by atoms with E-state index in [4.69, 9.17) is 4.74 Å². The van der Waals surface area contributed by atoms with Crippen molar-refractivity contribution in [1.82, 2.24) is 15.1 Å². The number of rotatable bonds is 7. The molecule has 0 unspecified atom stereocenters. The van der Waals surface area contributed by atoms with Gasteiger partial charge in [0.05, 0.1) is 19.7 Å². The molecule has 0 radical (unpaired) electrons. The Kier molecular flexibility index (Phi) is 8.25. The summed E-state index contributed by atoms with van der Waals surface area (Å²) in [5.41, 5.74) is 1.86. The number of nitrogens with one attached hydrogen (secondary N) is 2. The number of piperidine rings is 1. The van der Waals surface area contributed by atoms with Crippen LogP contribution in [0.1, 0.15) is 25.3 Å². The van der Waals surface area contributed by atoms with Gasteiger partial charge in [0.2, 0.25) is 11.8 Å². The van der Waals surface area contributed by atoms with Gasteiger partial charge in [-0.1, -0.05) is 17.7 Å². The summed E-state index contributed by atoms with van der Waals surface area (Å²) in [7, 11) is 1.73. The molecule has 1 aliphatic heterocycles. The van der Waals surface area contributed by atoms with Crippen molar-refractivity contribution in [2.45, 2.75) is 32.7 Å². The number of carbonyl (C=O) groups excluding carboxylic acids is 3. The number of benzene rings is 1. The maximum Gasteiger partial charge on any atom is 0.409 e. The van der Waals surface area contributed by atoms with E-state index in [0.29, 0.717) is 32.5 Å². The molecule has 1 saturated heterocycles. The maximum absolute atomic E-state index is 12.2. The molecule has 2 N–H and O–H groups in total. The number of ether oxygens (including phenoxy) is 1. The van der Waals surface area contributed by atoms with Gasteiger partial charge < -0.3 is 20.3 Å². The monoisotopic (exact) mass is 390 g/mol. The topological polar surface area (TPSA) is 91.0 Å². The molecule has 154 valence electrons. The molecule has 8 heteroatoms. The second kappa shape index (κ2) is 10.7. The van der Waals surface area contributed by atoms with E-state index >= 15 is 0 Å². The minimum atomic E-state index is -0.299. The van der Waals surface area contributed by atoms with E-state index in [2.05, 4.69) is 10.6 Å². The van der Waals surface area contributed by atoms with Gasteiger partial charge in [-0.2, -0.15) is 0 Å². The molecule has 0 aromatic heterocycles. The molecule has 8 nitrogen and oxygen atoms in total. The van der Waals surface area contributed by atoms with E-state index in [0.717, 1.165) is 11.3 Å². The van der Waals surface area contributed by atoms with Crippen LogP contribution in [0.15, 0.2) is 24.3 Å². The lowest BCUT2D eigenvalue weighted by atomic mass is 10.1. The minimum absolute atomic E-state index is 0.0351. The second-order valence-corrected chi connectivity index (χ2v) is 7.11. The molecule has 0 aliphatic carbocycles. The molecule has 1 fully saturated rings. The van der Waals surface area contributed by atoms with Crippen LogP contribution in [0.2, 0.25) is 0 Å². The highest BCUT2D eigenvalue weighted by molar-refractivity contribution is 5.92. The lowest BCUT2D eigenvalue weighted by Gasteiger charge is -2.31. The summed E-state index contributed by atoms with van der Waals surface area (Å²) < 4.78 is 4.99. The van der Waals surface area contributed by atoms with Crippen LogP contribution in [0, 0.1) is 6.92 Å². The summed E-state index contributed by atoms with van der Waals surface area (Å²) in [5.74, 6) is -0.290. The highest BCUT2D eigenvalue weighted by atomic mass is 16.6. The van der Waals surface area contributed by atoms with Gasteiger partial charge in [-0.3, -0.25) is 14.5 Å². The molecule has 0 saturated carbocycles. The Morgan fingerprint density at radius 3 is 2.32 bits per heavy atom. The first-order valence-corrected chi connectivity index (χ1v) is 9.63. The van der Waals surface area contributed by atoms with Gasteiger partial charge in [-0.15, -0.1) is 0 Å². The maximum atomic E-state index is 12.2. The van der Waals surface area contributed by atoms with E-state index in [1.54, 1.807) is 23.8 Å². The van der Waals surface area contributed by atoms with E-state index in [1.807, 2.05) is 31.2 Å². The fourth-order valence-electron chi connectivity index (χ4n) is 3.08. The smallest absolute Gasteiger partial charge is 0.409 e. The van der Waals surface area contributed by atoms with Crippen LogP contribution in [0.5, 0.6) is 0 Å². The number of anilines is 1. The quantitative estimate of drug-likeness (QED) is 0.738. The predicted molar refractivity (Wildman–Crippen MR) is 107 cm³/mol. The van der Waals surface area contributed by atoms with Gasteiger partial charge in [0.25, 0.3) is 0 Å². The lowest BCUT2D eigenvalue weighted by Crippen LogP contribution is -2.49. The lowest BCUT2D eigenvalue weighted by molar-refractivity contribution is -0.123. The Morgan fingerprint density at radius 1 is 1.11 bits per heavy atom. The summed E-state index contributed by atoms with van der Waals surface area (Å²) in [6.07, 6.45) is 1.09. The SMILES string of the molecule is CCOC(=O)N1CCC(NC(=O)CN(C)CC(=O)Nc2ccc(C)cc2)CC1. The molecular weight excluding hydrogens is 360 g/mol. The molecule has 0 atom stereocenters. The van der Waals surface area contributed by atoms with Crippen LogP contribution < -0.4 is 10.6 Å². The number of hydrogen-bond donors (Lipinski definition) is 2. The summed E-state index contributed by atoms with van der Waals surface area (Å²) in [6, 6.07) is 7.60. The van der Waals surface area contributed by atoms with Crippen molar-refractivity contribution < 1.29 is 19.1 Å². The normalized spacial score (nSPS) is 14.6. The van der Waals surface area contributed by atoms with E-state index < -0.39 is 0 Å². The van der Waals surface area contributed by atoms with E-state index in [1.165, 1.54) is 0 Å². The number of amides is 3. The van der Waals surface area contributed by atoms with Crippen molar-refractivity contribution in [2.75, 3.05) is 45.2 Å². The van der Waals surface area contributed by atoms with Crippen LogP contribution in [0.4, 0.5) is 10.5 Å². The van der Waals surface area contributed by atoms with Crippen molar-refractivity contribution in [3.8, 4) is 0 Å². The first-order chi connectivity index (χ1) is 13.4. The Balaban J connectivity index is 1.67. The highest BCUT2D eigenvalue weighted by Crippen LogP contribution is 2.12. The van der Waals surface area contributed by atoms with Crippen LogP contribution in [0.3, 0.4) is 0 Å². The average Bonchev–Trinajstić information content (AvgIpc) is 2.64. The van der Waals surface area contributed by atoms with Gasteiger partial charge in [-0.05, 0) is 45.9 Å². The van der Waals surface area contributed by atoms with Gasteiger partial charge >= 0.3 is 6.09 Å². The molecule has 0 bridgehead atoms. The Bertz CT molecular complexity index is 669. The summed E-state index contributed by atoms with van der Waals surface area (Å²) in [6.45, 7) is 5.53. The number of carbonyl (C=O) groups is 3. The molecule has 1 aromatic rings. The van der Waals surface area contributed by atoms with Crippen molar-refractivity contribution in [3.05, 3.63) is 29.8 Å². The second-order valence-electron chi connectivity index (χ2n) is 7.11. The van der Waals surface area contributed by atoms with Crippen LogP contribution in [0.25, 0.3) is 0 Å². The van der Waals surface area contributed by atoms with E-state index in [-0.39, 0.29) is 37.0 Å². The zero-order valence-corrected chi connectivity index (χ0v) is 16.9. The van der Waals surface area contributed by atoms with Crippen molar-refractivity contribution in [1.29, 1.82) is 0 Å². The summed E-state index contributed by atoms with van der Waals surface area (Å²) >= 11 is 0. The molecule has 1 aliphatic rings. The molecule has 28 heavy (non-hydrogen) atoms. The molecule has 1 heterocycles. The minimum Gasteiger partial charge on any atom is -0.450 e. The first kappa shape index (κ1) is 21.7. The van der Waals surface area contributed by atoms with Gasteiger partial charge in [0.15, 0.2) is 0 Å². The third-order valence-corrected chi connectivity index (χ3v) is 4.55. The van der Waals surface area contributed by atoms with E-state index in [9.17, 15) is 14.4 Å². The number of likely N-dealkylation sites (N-methyl/N-ethyl adjacent to an activating group) is 1. The Labute approximate surface area is 166 Å². The number of likely N-dealkylation sites (tertiary alicyclic amines) is 1. The average molecular weight is 390 g/mol. The zero-order valence-electron chi connectivity index (χ0n) is 16.9. The van der Waals surface area contributed by atoms with Gasteiger partial charge in [0, 0.05) is 24.8 Å². The fourth-order valence-corrected chi connectivity index (χ4v) is 3.08. The highest BCUT2D eigenvalue weighted by Gasteiger charge is 2.24. The number of hydrogen-bond acceptors (Lipinski definition) is 5. The Morgan fingerprint density at radius 2 is 1.71 bits per heavy atom. The summed E-state index contributed by atoms with van der Waals surface area (Å²) in [4.78, 5) is 39.4. The Hall–Kier alpha value is -2.61. The zero-order chi connectivity index (χ0) is 20.5.